The van der Waals surface area contributed by atoms with Crippen molar-refractivity contribution in [3.63, 3.8) is 0 Å². The molecule has 1 aromatic carbocycles. The number of carboxylic acids is 1. The molecular formula is C12H14Cl2N2O4. The van der Waals surface area contributed by atoms with Crippen LogP contribution >= 0.6 is 23.2 Å². The lowest BCUT2D eigenvalue weighted by molar-refractivity contribution is -0.137. The van der Waals surface area contributed by atoms with Gasteiger partial charge in [0.2, 0.25) is 0 Å². The van der Waals surface area contributed by atoms with E-state index in [0.717, 1.165) is 0 Å². The van der Waals surface area contributed by atoms with Gasteiger partial charge in [-0.25, -0.2) is 4.79 Å². The Morgan fingerprint density at radius 3 is 2.50 bits per heavy atom. The van der Waals surface area contributed by atoms with Crippen LogP contribution in [0.4, 0.5) is 10.5 Å². The number of urea groups is 1. The average Bonchev–Trinajstić information content (AvgIpc) is 2.39. The second-order valence-corrected chi connectivity index (χ2v) is 4.78. The number of carbonyl (C=O) groups excluding carboxylic acids is 1. The van der Waals surface area contributed by atoms with Gasteiger partial charge in [0.15, 0.2) is 0 Å². The van der Waals surface area contributed by atoms with E-state index < -0.39 is 12.0 Å². The van der Waals surface area contributed by atoms with Gasteiger partial charge in [0.25, 0.3) is 0 Å². The van der Waals surface area contributed by atoms with Crippen LogP contribution in [-0.4, -0.2) is 42.7 Å². The molecule has 0 bridgehead atoms. The molecule has 6 nitrogen and oxygen atoms in total. The SMILES string of the molecule is COc1cc(Cl)c(Cl)cc1NC(=O)N(C)CCC(=O)O. The number of anilines is 1. The third kappa shape index (κ3) is 4.47. The summed E-state index contributed by atoms with van der Waals surface area (Å²) in [5.41, 5.74) is 0.356. The van der Waals surface area contributed by atoms with Crippen molar-refractivity contribution in [2.45, 2.75) is 6.42 Å². The molecule has 2 N–H and O–H groups in total. The van der Waals surface area contributed by atoms with Gasteiger partial charge in [0.1, 0.15) is 5.75 Å². The van der Waals surface area contributed by atoms with Crippen molar-refractivity contribution in [2.24, 2.45) is 0 Å². The quantitative estimate of drug-likeness (QED) is 0.874. The molecule has 8 heteroatoms. The first-order valence-corrected chi connectivity index (χ1v) is 6.37. The van der Waals surface area contributed by atoms with Gasteiger partial charge in [-0.3, -0.25) is 4.79 Å². The lowest BCUT2D eigenvalue weighted by Crippen LogP contribution is -2.33. The first kappa shape index (κ1) is 16.4. The zero-order valence-corrected chi connectivity index (χ0v) is 12.5. The highest BCUT2D eigenvalue weighted by atomic mass is 35.5. The average molecular weight is 321 g/mol. The molecule has 20 heavy (non-hydrogen) atoms. The molecule has 110 valence electrons. The van der Waals surface area contributed by atoms with Crippen molar-refractivity contribution < 1.29 is 19.4 Å². The van der Waals surface area contributed by atoms with Gasteiger partial charge in [0.05, 0.1) is 29.3 Å². The summed E-state index contributed by atoms with van der Waals surface area (Å²) in [5.74, 6) is -0.615. The molecule has 0 saturated carbocycles. The van der Waals surface area contributed by atoms with Crippen LogP contribution in [0.3, 0.4) is 0 Å². The zero-order valence-electron chi connectivity index (χ0n) is 10.9. The fourth-order valence-electron chi connectivity index (χ4n) is 1.37. The summed E-state index contributed by atoms with van der Waals surface area (Å²) >= 11 is 11.7. The molecular weight excluding hydrogens is 307 g/mol. The molecule has 2 amide bonds. The summed E-state index contributed by atoms with van der Waals surface area (Å²) < 4.78 is 5.09. The number of halogens is 2. The Morgan fingerprint density at radius 1 is 1.35 bits per heavy atom. The molecule has 1 rings (SSSR count). The fraction of sp³-hybridized carbons (Fsp3) is 0.333. The number of carboxylic acid groups (broad SMARTS) is 1. The number of hydrogen-bond donors (Lipinski definition) is 2. The van der Waals surface area contributed by atoms with Crippen LogP contribution < -0.4 is 10.1 Å². The van der Waals surface area contributed by atoms with Crippen LogP contribution in [0.15, 0.2) is 12.1 Å². The number of nitrogens with one attached hydrogen (secondary N) is 1. The van der Waals surface area contributed by atoms with Crippen molar-refractivity contribution in [3.8, 4) is 5.75 Å². The Labute approximate surface area is 126 Å². The van der Waals surface area contributed by atoms with Crippen molar-refractivity contribution in [3.05, 3.63) is 22.2 Å². The summed E-state index contributed by atoms with van der Waals surface area (Å²) in [6, 6.07) is 2.48. The van der Waals surface area contributed by atoms with Crippen LogP contribution in [0.1, 0.15) is 6.42 Å². The van der Waals surface area contributed by atoms with E-state index in [9.17, 15) is 9.59 Å². The van der Waals surface area contributed by atoms with Crippen LogP contribution in [-0.2, 0) is 4.79 Å². The molecule has 0 aliphatic heterocycles. The predicted molar refractivity (Wildman–Crippen MR) is 76.9 cm³/mol. The van der Waals surface area contributed by atoms with Crippen LogP contribution in [0, 0.1) is 0 Å². The van der Waals surface area contributed by atoms with Crippen LogP contribution in [0.2, 0.25) is 10.0 Å². The molecule has 0 unspecified atom stereocenters. The van der Waals surface area contributed by atoms with Crippen molar-refractivity contribution >= 4 is 40.9 Å². The molecule has 0 aliphatic rings. The summed E-state index contributed by atoms with van der Waals surface area (Å²) in [5, 5.41) is 11.7. The molecule has 1 aromatic rings. The normalized spacial score (nSPS) is 10.0. The van der Waals surface area contributed by atoms with E-state index >= 15 is 0 Å². The fourth-order valence-corrected chi connectivity index (χ4v) is 1.69. The molecule has 0 spiro atoms. The van der Waals surface area contributed by atoms with E-state index in [-0.39, 0.29) is 18.0 Å². The number of hydrogen-bond acceptors (Lipinski definition) is 3. The predicted octanol–water partition coefficient (Wildman–Crippen LogP) is 2.94. The third-order valence-corrected chi connectivity index (χ3v) is 3.21. The number of nitrogens with zero attached hydrogens (tertiary/aromatic N) is 1. The number of benzene rings is 1. The lowest BCUT2D eigenvalue weighted by atomic mass is 10.3. The number of carbonyl (C=O) groups is 2. The monoisotopic (exact) mass is 320 g/mol. The molecule has 0 aliphatic carbocycles. The van der Waals surface area contributed by atoms with Gasteiger partial charge in [0, 0.05) is 19.7 Å². The highest BCUT2D eigenvalue weighted by Crippen LogP contribution is 2.34. The first-order chi connectivity index (χ1) is 9.35. The van der Waals surface area contributed by atoms with E-state index in [1.807, 2.05) is 0 Å². The van der Waals surface area contributed by atoms with Gasteiger partial charge < -0.3 is 20.1 Å². The minimum absolute atomic E-state index is 0.0881. The second kappa shape index (κ2) is 7.21. The highest BCUT2D eigenvalue weighted by molar-refractivity contribution is 6.42. The number of methoxy groups -OCH3 is 1. The van der Waals surface area contributed by atoms with Gasteiger partial charge in [-0.15, -0.1) is 0 Å². The van der Waals surface area contributed by atoms with E-state index in [1.165, 1.54) is 31.2 Å². The Kier molecular flexibility index (Phi) is 5.91. The Bertz CT molecular complexity index is 522. The smallest absolute Gasteiger partial charge is 0.321 e. The van der Waals surface area contributed by atoms with Crippen molar-refractivity contribution in [1.82, 2.24) is 4.90 Å². The molecule has 0 aromatic heterocycles. The van der Waals surface area contributed by atoms with Crippen LogP contribution in [0.5, 0.6) is 5.75 Å². The van der Waals surface area contributed by atoms with E-state index in [4.69, 9.17) is 33.0 Å². The number of ether oxygens (including phenoxy) is 1. The summed E-state index contributed by atoms with van der Waals surface area (Å²) in [4.78, 5) is 23.6. The Morgan fingerprint density at radius 2 is 1.95 bits per heavy atom. The van der Waals surface area contributed by atoms with Crippen molar-refractivity contribution in [2.75, 3.05) is 26.0 Å². The van der Waals surface area contributed by atoms with Gasteiger partial charge >= 0.3 is 12.0 Å². The largest absolute Gasteiger partial charge is 0.495 e. The number of amides is 2. The third-order valence-electron chi connectivity index (χ3n) is 2.49. The van der Waals surface area contributed by atoms with E-state index in [2.05, 4.69) is 5.32 Å². The lowest BCUT2D eigenvalue weighted by Gasteiger charge is -2.18. The standard InChI is InChI=1S/C12H14Cl2N2O4/c1-16(4-3-11(17)18)12(19)15-9-5-7(13)8(14)6-10(9)20-2/h5-6H,3-4H2,1-2H3,(H,15,19)(H,17,18). The maximum atomic E-state index is 11.9. The molecule has 0 atom stereocenters. The number of rotatable bonds is 5. The van der Waals surface area contributed by atoms with E-state index in [0.29, 0.717) is 16.5 Å². The zero-order chi connectivity index (χ0) is 15.3. The Balaban J connectivity index is 2.79. The second-order valence-electron chi connectivity index (χ2n) is 3.96. The maximum Gasteiger partial charge on any atom is 0.321 e. The van der Waals surface area contributed by atoms with Crippen LogP contribution in [0.25, 0.3) is 0 Å². The summed E-state index contributed by atoms with van der Waals surface area (Å²) in [6.45, 7) is 0.0881. The molecule has 0 radical (unpaired) electrons. The molecule has 0 saturated heterocycles. The van der Waals surface area contributed by atoms with Gasteiger partial charge in [-0.2, -0.15) is 0 Å². The molecule has 0 heterocycles. The highest BCUT2D eigenvalue weighted by Gasteiger charge is 2.14. The number of aliphatic carboxylic acids is 1. The summed E-state index contributed by atoms with van der Waals surface area (Å²) in [7, 11) is 2.92. The maximum absolute atomic E-state index is 11.9. The minimum Gasteiger partial charge on any atom is -0.495 e. The molecule has 0 fully saturated rings. The minimum atomic E-state index is -0.975. The van der Waals surface area contributed by atoms with E-state index in [1.54, 1.807) is 0 Å². The first-order valence-electron chi connectivity index (χ1n) is 5.62. The topological polar surface area (TPSA) is 78.9 Å². The summed E-state index contributed by atoms with van der Waals surface area (Å²) in [6.07, 6.45) is -0.136. The van der Waals surface area contributed by atoms with Crippen molar-refractivity contribution in [1.29, 1.82) is 0 Å². The van der Waals surface area contributed by atoms with Gasteiger partial charge in [-0.1, -0.05) is 23.2 Å². The Hall–Kier alpha value is -1.66. The van der Waals surface area contributed by atoms with Gasteiger partial charge in [-0.05, 0) is 6.07 Å².